The first-order valence-corrected chi connectivity index (χ1v) is 13.0. The molecule has 5 rings (SSSR count). The lowest BCUT2D eigenvalue weighted by Crippen LogP contribution is -2.12. The monoisotopic (exact) mass is 552 g/mol. The minimum atomic E-state index is -0.913. The summed E-state index contributed by atoms with van der Waals surface area (Å²) in [5.41, 5.74) is 1.48. The fourth-order valence-corrected chi connectivity index (χ4v) is 4.81. The Hall–Kier alpha value is -5.24. The van der Waals surface area contributed by atoms with Crippen LogP contribution in [0.5, 0.6) is 23.0 Å². The molecule has 1 aromatic heterocycles. The molecule has 1 heterocycles. The van der Waals surface area contributed by atoms with Gasteiger partial charge in [0.2, 0.25) is 5.75 Å². The molecule has 0 unspecified atom stereocenters. The molecule has 0 amide bonds. The molecule has 0 aliphatic rings. The molecule has 5 aromatic rings. The molecule has 4 aromatic carbocycles. The summed E-state index contributed by atoms with van der Waals surface area (Å²) in [6.45, 7) is 0.458. The van der Waals surface area contributed by atoms with Crippen molar-refractivity contribution in [3.63, 3.8) is 0 Å². The third kappa shape index (κ3) is 5.72. The Morgan fingerprint density at radius 3 is 2.17 bits per heavy atom. The van der Waals surface area contributed by atoms with E-state index in [1.54, 1.807) is 48.5 Å². The SMILES string of the molecule is COC(=O)C[C@H](c1ccc(OCCc2ccccc2)cc1)c1c(O)c(O)c(O)c2c(=O)cc(-c3ccccc3)oc12. The number of phenolic OH excluding ortho intramolecular Hbond substituents is 3. The van der Waals surface area contributed by atoms with E-state index in [2.05, 4.69) is 0 Å². The number of fused-ring (bicyclic) bond motifs is 1. The molecular formula is C33H28O8. The topological polar surface area (TPSA) is 126 Å². The lowest BCUT2D eigenvalue weighted by Gasteiger charge is -2.21. The van der Waals surface area contributed by atoms with E-state index >= 15 is 0 Å². The minimum absolute atomic E-state index is 0.0340. The number of phenols is 3. The van der Waals surface area contributed by atoms with Gasteiger partial charge in [-0.2, -0.15) is 0 Å². The standard InChI is InChI=1S/C33H28O8/c1-39-27(35)18-24(21-12-14-23(15-13-21)40-17-16-20-8-4-2-5-9-20)28-30(36)32(38)31(37)29-25(34)19-26(41-33(28)29)22-10-6-3-7-11-22/h2-15,19,24,36-38H,16-18H2,1H3/t24-/m1/s1. The first kappa shape index (κ1) is 27.3. The van der Waals surface area contributed by atoms with Crippen molar-refractivity contribution in [3.8, 4) is 34.3 Å². The summed E-state index contributed by atoms with van der Waals surface area (Å²) < 4.78 is 16.9. The van der Waals surface area contributed by atoms with E-state index in [0.29, 0.717) is 23.5 Å². The highest BCUT2D eigenvalue weighted by molar-refractivity contribution is 5.93. The molecule has 0 aliphatic heterocycles. The zero-order valence-electron chi connectivity index (χ0n) is 22.2. The van der Waals surface area contributed by atoms with Crippen LogP contribution in [0.2, 0.25) is 0 Å². The van der Waals surface area contributed by atoms with Gasteiger partial charge in [0.1, 0.15) is 22.5 Å². The largest absolute Gasteiger partial charge is 0.504 e. The molecule has 41 heavy (non-hydrogen) atoms. The number of rotatable bonds is 9. The van der Waals surface area contributed by atoms with Crippen LogP contribution in [-0.2, 0) is 16.0 Å². The summed E-state index contributed by atoms with van der Waals surface area (Å²) in [7, 11) is 1.24. The van der Waals surface area contributed by atoms with E-state index in [0.717, 1.165) is 12.0 Å². The van der Waals surface area contributed by atoms with Crippen molar-refractivity contribution in [3.05, 3.63) is 118 Å². The predicted octanol–water partition coefficient (Wildman–Crippen LogP) is 5.89. The highest BCUT2D eigenvalue weighted by Crippen LogP contribution is 2.49. The maximum atomic E-state index is 13.2. The molecule has 0 spiro atoms. The molecule has 3 N–H and O–H groups in total. The van der Waals surface area contributed by atoms with Gasteiger partial charge in [0, 0.05) is 29.5 Å². The molecule has 208 valence electrons. The van der Waals surface area contributed by atoms with Crippen LogP contribution >= 0.6 is 0 Å². The zero-order valence-corrected chi connectivity index (χ0v) is 22.2. The fraction of sp³-hybridized carbons (Fsp3) is 0.152. The van der Waals surface area contributed by atoms with Crippen LogP contribution in [-0.4, -0.2) is 35.0 Å². The summed E-state index contributed by atoms with van der Waals surface area (Å²) in [5, 5.41) is 32.0. The van der Waals surface area contributed by atoms with Gasteiger partial charge in [-0.05, 0) is 23.3 Å². The van der Waals surface area contributed by atoms with Crippen molar-refractivity contribution in [1.82, 2.24) is 0 Å². The van der Waals surface area contributed by atoms with Gasteiger partial charge in [-0.3, -0.25) is 9.59 Å². The molecule has 0 saturated carbocycles. The molecule has 0 aliphatic carbocycles. The van der Waals surface area contributed by atoms with Gasteiger partial charge in [-0.15, -0.1) is 0 Å². The number of benzene rings is 4. The van der Waals surface area contributed by atoms with Crippen LogP contribution in [0, 0.1) is 0 Å². The van der Waals surface area contributed by atoms with E-state index in [-0.39, 0.29) is 28.7 Å². The first-order valence-electron chi connectivity index (χ1n) is 13.0. The van der Waals surface area contributed by atoms with Gasteiger partial charge in [-0.1, -0.05) is 72.8 Å². The Morgan fingerprint density at radius 1 is 0.854 bits per heavy atom. The van der Waals surface area contributed by atoms with Crippen molar-refractivity contribution in [2.24, 2.45) is 0 Å². The quantitative estimate of drug-likeness (QED) is 0.153. The van der Waals surface area contributed by atoms with E-state index in [9.17, 15) is 24.9 Å². The number of esters is 1. The molecule has 0 saturated heterocycles. The van der Waals surface area contributed by atoms with Crippen molar-refractivity contribution in [1.29, 1.82) is 0 Å². The Kier molecular flexibility index (Phi) is 7.92. The second-order valence-corrected chi connectivity index (χ2v) is 9.49. The van der Waals surface area contributed by atoms with Crippen molar-refractivity contribution in [2.45, 2.75) is 18.8 Å². The van der Waals surface area contributed by atoms with Gasteiger partial charge < -0.3 is 29.2 Å². The maximum absolute atomic E-state index is 13.2. The average molecular weight is 553 g/mol. The molecule has 1 atom stereocenters. The maximum Gasteiger partial charge on any atom is 0.306 e. The Balaban J connectivity index is 1.58. The summed E-state index contributed by atoms with van der Waals surface area (Å²) in [4.78, 5) is 25.7. The summed E-state index contributed by atoms with van der Waals surface area (Å²) in [6, 6.07) is 26.9. The van der Waals surface area contributed by atoms with Crippen LogP contribution in [0.3, 0.4) is 0 Å². The second-order valence-electron chi connectivity index (χ2n) is 9.49. The number of hydrogen-bond acceptors (Lipinski definition) is 8. The molecule has 8 nitrogen and oxygen atoms in total. The summed E-state index contributed by atoms with van der Waals surface area (Å²) >= 11 is 0. The highest BCUT2D eigenvalue weighted by Gasteiger charge is 2.31. The third-order valence-corrected chi connectivity index (χ3v) is 6.92. The van der Waals surface area contributed by atoms with Crippen LogP contribution in [0.15, 0.2) is 100 Å². The number of carbonyl (C=O) groups excluding carboxylic acids is 1. The Morgan fingerprint density at radius 2 is 1.51 bits per heavy atom. The normalized spacial score (nSPS) is 11.7. The van der Waals surface area contributed by atoms with E-state index < -0.39 is 34.6 Å². The summed E-state index contributed by atoms with van der Waals surface area (Å²) in [5.74, 6) is -3.13. The van der Waals surface area contributed by atoms with E-state index in [1.165, 1.54) is 13.2 Å². The predicted molar refractivity (Wildman–Crippen MR) is 153 cm³/mol. The lowest BCUT2D eigenvalue weighted by atomic mass is 9.86. The number of hydrogen-bond donors (Lipinski definition) is 3. The molecule has 0 radical (unpaired) electrons. The average Bonchev–Trinajstić information content (AvgIpc) is 3.00. The minimum Gasteiger partial charge on any atom is -0.504 e. The first-order chi connectivity index (χ1) is 19.9. The third-order valence-electron chi connectivity index (χ3n) is 6.92. The van der Waals surface area contributed by atoms with Gasteiger partial charge in [0.15, 0.2) is 16.9 Å². The summed E-state index contributed by atoms with van der Waals surface area (Å²) in [6.07, 6.45) is 0.472. The van der Waals surface area contributed by atoms with Crippen LogP contribution < -0.4 is 10.2 Å². The van der Waals surface area contributed by atoms with Crippen LogP contribution in [0.4, 0.5) is 0 Å². The molecular weight excluding hydrogens is 524 g/mol. The number of aromatic hydroxyl groups is 3. The van der Waals surface area contributed by atoms with Crippen molar-refractivity contribution in [2.75, 3.05) is 13.7 Å². The number of carbonyl (C=O) groups is 1. The number of ether oxygens (including phenoxy) is 2. The fourth-order valence-electron chi connectivity index (χ4n) is 4.81. The van der Waals surface area contributed by atoms with E-state index in [1.807, 2.05) is 36.4 Å². The van der Waals surface area contributed by atoms with Crippen LogP contribution in [0.1, 0.15) is 29.0 Å². The van der Waals surface area contributed by atoms with Crippen molar-refractivity contribution >= 4 is 16.9 Å². The second kappa shape index (κ2) is 11.9. The Bertz CT molecular complexity index is 1730. The van der Waals surface area contributed by atoms with Gasteiger partial charge in [0.25, 0.3) is 0 Å². The Labute approximate surface area is 235 Å². The van der Waals surface area contributed by atoms with Gasteiger partial charge in [-0.25, -0.2) is 0 Å². The lowest BCUT2D eigenvalue weighted by molar-refractivity contribution is -0.140. The smallest absolute Gasteiger partial charge is 0.306 e. The highest BCUT2D eigenvalue weighted by atomic mass is 16.5. The van der Waals surface area contributed by atoms with Crippen LogP contribution in [0.25, 0.3) is 22.3 Å². The van der Waals surface area contributed by atoms with Gasteiger partial charge in [0.05, 0.1) is 20.1 Å². The van der Waals surface area contributed by atoms with E-state index in [4.69, 9.17) is 13.9 Å². The molecule has 0 fully saturated rings. The molecule has 0 bridgehead atoms. The molecule has 8 heteroatoms. The zero-order chi connectivity index (χ0) is 28.9. The van der Waals surface area contributed by atoms with Gasteiger partial charge >= 0.3 is 5.97 Å². The number of methoxy groups -OCH3 is 1. The van der Waals surface area contributed by atoms with Crippen molar-refractivity contribution < 1.29 is 34.0 Å².